The molecule has 0 aromatic heterocycles. The quantitative estimate of drug-likeness (QED) is 0.672. The fourth-order valence-corrected chi connectivity index (χ4v) is 1.91. The van der Waals surface area contributed by atoms with Crippen molar-refractivity contribution in [3.8, 4) is 0 Å². The van der Waals surface area contributed by atoms with E-state index >= 15 is 0 Å². The van der Waals surface area contributed by atoms with Crippen molar-refractivity contribution in [2.75, 3.05) is 13.1 Å². The molecule has 1 aromatic carbocycles. The molecule has 7 nitrogen and oxygen atoms in total. The van der Waals surface area contributed by atoms with Crippen LogP contribution in [0.2, 0.25) is 0 Å². The highest BCUT2D eigenvalue weighted by molar-refractivity contribution is 5.85. The first-order chi connectivity index (χ1) is 9.93. The van der Waals surface area contributed by atoms with Gasteiger partial charge in [0.2, 0.25) is 5.91 Å². The van der Waals surface area contributed by atoms with Crippen LogP contribution in [-0.4, -0.2) is 41.0 Å². The molecular weight excluding hydrogens is 274 g/mol. The number of carbonyl (C=O) groups is 3. The number of hydrogen-bond acceptors (Lipinski definition) is 3. The van der Waals surface area contributed by atoms with Crippen molar-refractivity contribution in [1.82, 2.24) is 10.2 Å². The lowest BCUT2D eigenvalue weighted by atomic mass is 10.1. The number of urea groups is 1. The van der Waals surface area contributed by atoms with Crippen LogP contribution in [0.5, 0.6) is 0 Å². The molecule has 114 valence electrons. The van der Waals surface area contributed by atoms with Crippen molar-refractivity contribution in [2.24, 2.45) is 5.73 Å². The number of rotatable bonds is 7. The van der Waals surface area contributed by atoms with E-state index in [1.54, 1.807) is 0 Å². The molecule has 0 aliphatic heterocycles. The van der Waals surface area contributed by atoms with E-state index in [9.17, 15) is 14.4 Å². The molecule has 0 aliphatic carbocycles. The number of aliphatic carboxylic acids is 1. The first-order valence-electron chi connectivity index (χ1n) is 6.53. The lowest BCUT2D eigenvalue weighted by molar-refractivity contribution is -0.137. The summed E-state index contributed by atoms with van der Waals surface area (Å²) in [4.78, 5) is 34.4. The highest BCUT2D eigenvalue weighted by Gasteiger charge is 2.18. The van der Waals surface area contributed by atoms with Crippen molar-refractivity contribution < 1.29 is 19.5 Å². The molecule has 0 saturated carbocycles. The van der Waals surface area contributed by atoms with Crippen LogP contribution < -0.4 is 11.1 Å². The summed E-state index contributed by atoms with van der Waals surface area (Å²) in [6.45, 7) is 1.25. The van der Waals surface area contributed by atoms with Crippen LogP contribution in [-0.2, 0) is 22.6 Å². The van der Waals surface area contributed by atoms with Crippen molar-refractivity contribution in [2.45, 2.75) is 19.9 Å². The number of nitrogens with one attached hydrogen (secondary N) is 1. The van der Waals surface area contributed by atoms with E-state index < -0.39 is 31.0 Å². The van der Waals surface area contributed by atoms with Gasteiger partial charge in [0.05, 0.1) is 0 Å². The van der Waals surface area contributed by atoms with E-state index in [1.807, 2.05) is 31.2 Å². The van der Waals surface area contributed by atoms with E-state index in [4.69, 9.17) is 10.8 Å². The molecule has 0 unspecified atom stereocenters. The normalized spacial score (nSPS) is 9.95. The third-order valence-corrected chi connectivity index (χ3v) is 2.89. The summed E-state index contributed by atoms with van der Waals surface area (Å²) < 4.78 is 0. The fourth-order valence-electron chi connectivity index (χ4n) is 1.91. The van der Waals surface area contributed by atoms with Gasteiger partial charge in [-0.25, -0.2) is 4.79 Å². The first kappa shape index (κ1) is 16.5. The molecule has 3 amide bonds. The first-order valence-corrected chi connectivity index (χ1v) is 6.53. The van der Waals surface area contributed by atoms with E-state index in [0.717, 1.165) is 22.4 Å². The van der Waals surface area contributed by atoms with Gasteiger partial charge in [-0.15, -0.1) is 0 Å². The number of amides is 3. The van der Waals surface area contributed by atoms with E-state index in [0.29, 0.717) is 0 Å². The zero-order valence-corrected chi connectivity index (χ0v) is 11.8. The lowest BCUT2D eigenvalue weighted by Gasteiger charge is -2.20. The minimum absolute atomic E-state index is 0.262. The molecule has 0 saturated heterocycles. The number of carboxylic acids is 1. The van der Waals surface area contributed by atoms with Crippen LogP contribution in [0.3, 0.4) is 0 Å². The number of hydrogen-bond donors (Lipinski definition) is 3. The Labute approximate surface area is 122 Å². The van der Waals surface area contributed by atoms with Crippen molar-refractivity contribution >= 4 is 17.9 Å². The Hall–Kier alpha value is -2.57. The highest BCUT2D eigenvalue weighted by Crippen LogP contribution is 2.09. The average Bonchev–Trinajstić information content (AvgIpc) is 2.43. The van der Waals surface area contributed by atoms with Gasteiger partial charge in [-0.2, -0.15) is 0 Å². The SMILES string of the molecule is CCc1ccccc1CNC(=O)N(CC(N)=O)CC(=O)O. The van der Waals surface area contributed by atoms with Crippen LogP contribution >= 0.6 is 0 Å². The number of aryl methyl sites for hydroxylation is 1. The topological polar surface area (TPSA) is 113 Å². The molecule has 0 heterocycles. The molecule has 0 fully saturated rings. The Morgan fingerprint density at radius 2 is 1.81 bits per heavy atom. The Morgan fingerprint density at radius 3 is 2.33 bits per heavy atom. The molecule has 0 bridgehead atoms. The second kappa shape index (κ2) is 7.88. The van der Waals surface area contributed by atoms with Gasteiger partial charge < -0.3 is 21.1 Å². The van der Waals surface area contributed by atoms with Gasteiger partial charge in [-0.1, -0.05) is 31.2 Å². The van der Waals surface area contributed by atoms with Gasteiger partial charge in [0.25, 0.3) is 0 Å². The number of carbonyl (C=O) groups excluding carboxylic acids is 2. The summed E-state index contributed by atoms with van der Waals surface area (Å²) in [6.07, 6.45) is 0.826. The fraction of sp³-hybridized carbons (Fsp3) is 0.357. The van der Waals surface area contributed by atoms with Crippen LogP contribution in [0.15, 0.2) is 24.3 Å². The molecule has 7 heteroatoms. The number of nitrogens with zero attached hydrogens (tertiary/aromatic N) is 1. The zero-order chi connectivity index (χ0) is 15.8. The Kier molecular flexibility index (Phi) is 6.19. The molecular formula is C14H19N3O4. The standard InChI is InChI=1S/C14H19N3O4/c1-2-10-5-3-4-6-11(10)7-16-14(21)17(8-12(15)18)9-13(19)20/h3-6H,2,7-9H2,1H3,(H2,15,18)(H,16,21)(H,19,20). The molecule has 0 aliphatic rings. The smallest absolute Gasteiger partial charge is 0.323 e. The van der Waals surface area contributed by atoms with Crippen molar-refractivity contribution in [3.63, 3.8) is 0 Å². The summed E-state index contributed by atoms with van der Waals surface area (Å²) in [7, 11) is 0. The summed E-state index contributed by atoms with van der Waals surface area (Å²) >= 11 is 0. The zero-order valence-electron chi connectivity index (χ0n) is 11.8. The van der Waals surface area contributed by atoms with Gasteiger partial charge in [0, 0.05) is 6.54 Å². The van der Waals surface area contributed by atoms with Crippen molar-refractivity contribution in [1.29, 1.82) is 0 Å². The van der Waals surface area contributed by atoms with Gasteiger partial charge in [-0.3, -0.25) is 9.59 Å². The van der Waals surface area contributed by atoms with Crippen LogP contribution in [0.4, 0.5) is 4.79 Å². The summed E-state index contributed by atoms with van der Waals surface area (Å²) in [6, 6.07) is 6.98. The maximum Gasteiger partial charge on any atom is 0.323 e. The lowest BCUT2D eigenvalue weighted by Crippen LogP contribution is -2.46. The van der Waals surface area contributed by atoms with Gasteiger partial charge >= 0.3 is 12.0 Å². The Morgan fingerprint density at radius 1 is 1.19 bits per heavy atom. The molecule has 4 N–H and O–H groups in total. The average molecular weight is 293 g/mol. The van der Waals surface area contributed by atoms with Crippen LogP contribution in [0, 0.1) is 0 Å². The number of benzene rings is 1. The Balaban J connectivity index is 2.68. The second-order valence-corrected chi connectivity index (χ2v) is 4.50. The van der Waals surface area contributed by atoms with Crippen LogP contribution in [0.25, 0.3) is 0 Å². The summed E-state index contributed by atoms with van der Waals surface area (Å²) in [5.41, 5.74) is 7.05. The summed E-state index contributed by atoms with van der Waals surface area (Å²) in [5.74, 6) is -1.97. The molecule has 1 rings (SSSR count). The Bertz CT molecular complexity index is 515. The number of primary amides is 1. The monoisotopic (exact) mass is 293 g/mol. The third kappa shape index (κ3) is 5.52. The molecule has 0 spiro atoms. The minimum atomic E-state index is -1.21. The van der Waals surface area contributed by atoms with E-state index in [1.165, 1.54) is 0 Å². The van der Waals surface area contributed by atoms with Gasteiger partial charge in [-0.05, 0) is 17.5 Å². The third-order valence-electron chi connectivity index (χ3n) is 2.89. The van der Waals surface area contributed by atoms with Crippen molar-refractivity contribution in [3.05, 3.63) is 35.4 Å². The van der Waals surface area contributed by atoms with Gasteiger partial charge in [0.15, 0.2) is 0 Å². The molecule has 21 heavy (non-hydrogen) atoms. The number of nitrogens with two attached hydrogens (primary N) is 1. The van der Waals surface area contributed by atoms with Gasteiger partial charge in [0.1, 0.15) is 13.1 Å². The predicted octanol–water partition coefficient (Wildman–Crippen LogP) is 0.331. The minimum Gasteiger partial charge on any atom is -0.480 e. The van der Waals surface area contributed by atoms with E-state index in [2.05, 4.69) is 5.32 Å². The number of carboxylic acid groups (broad SMARTS) is 1. The van der Waals surface area contributed by atoms with Crippen LogP contribution in [0.1, 0.15) is 18.1 Å². The summed E-state index contributed by atoms with van der Waals surface area (Å²) in [5, 5.41) is 11.3. The predicted molar refractivity (Wildman–Crippen MR) is 76.5 cm³/mol. The maximum atomic E-state index is 11.9. The largest absolute Gasteiger partial charge is 0.480 e. The molecule has 0 atom stereocenters. The molecule has 0 radical (unpaired) electrons. The highest BCUT2D eigenvalue weighted by atomic mass is 16.4. The molecule has 1 aromatic rings. The van der Waals surface area contributed by atoms with E-state index in [-0.39, 0.29) is 6.54 Å². The maximum absolute atomic E-state index is 11.9. The second-order valence-electron chi connectivity index (χ2n) is 4.50.